The number of aliphatic hydroxyl groups is 1. The Labute approximate surface area is 87.5 Å². The Bertz CT molecular complexity index is 256. The Hall–Kier alpha value is -0.560. The van der Waals surface area contributed by atoms with E-state index in [0.717, 1.165) is 0 Å². The van der Waals surface area contributed by atoms with Crippen molar-refractivity contribution >= 4 is 0 Å². The lowest BCUT2D eigenvalue weighted by molar-refractivity contribution is 0.243. The molecule has 14 heavy (non-hydrogen) atoms. The van der Waals surface area contributed by atoms with Gasteiger partial charge in [-0.1, -0.05) is 31.6 Å². The zero-order chi connectivity index (χ0) is 10.8. The molecule has 80 valence electrons. The third-order valence-corrected chi connectivity index (χ3v) is 3.08. The molecule has 0 bridgehead atoms. The van der Waals surface area contributed by atoms with Gasteiger partial charge in [-0.05, 0) is 44.1 Å². The summed E-state index contributed by atoms with van der Waals surface area (Å²) >= 11 is 0. The molecule has 0 amide bonds. The first-order valence-corrected chi connectivity index (χ1v) is 5.50. The molecule has 1 rings (SSSR count). The zero-order valence-corrected chi connectivity index (χ0v) is 9.80. The van der Waals surface area contributed by atoms with Crippen molar-refractivity contribution in [2.45, 2.75) is 53.1 Å². The van der Waals surface area contributed by atoms with Gasteiger partial charge in [-0.25, -0.2) is 0 Å². The maximum absolute atomic E-state index is 9.23. The van der Waals surface area contributed by atoms with E-state index in [-0.39, 0.29) is 11.5 Å². The summed E-state index contributed by atoms with van der Waals surface area (Å²) in [5, 5.41) is 9.23. The fraction of sp³-hybridized carbons (Fsp3) is 0.692. The van der Waals surface area contributed by atoms with Crippen LogP contribution in [0.25, 0.3) is 0 Å². The first-order valence-electron chi connectivity index (χ1n) is 5.50. The van der Waals surface area contributed by atoms with Crippen molar-refractivity contribution in [2.24, 2.45) is 5.41 Å². The van der Waals surface area contributed by atoms with Gasteiger partial charge >= 0.3 is 0 Å². The largest absolute Gasteiger partial charge is 0.389 e. The summed E-state index contributed by atoms with van der Waals surface area (Å²) < 4.78 is 0. The molecule has 0 fully saturated rings. The predicted molar refractivity (Wildman–Crippen MR) is 61.2 cm³/mol. The van der Waals surface area contributed by atoms with Crippen LogP contribution in [0.2, 0.25) is 0 Å². The number of rotatable bonds is 2. The van der Waals surface area contributed by atoms with E-state index >= 15 is 0 Å². The average Bonchev–Trinajstić information content (AvgIpc) is 2.01. The Morgan fingerprint density at radius 2 is 2.07 bits per heavy atom. The maximum atomic E-state index is 9.23. The van der Waals surface area contributed by atoms with Gasteiger partial charge in [0.05, 0.1) is 6.10 Å². The van der Waals surface area contributed by atoms with Crippen LogP contribution in [0.1, 0.15) is 47.0 Å². The second-order valence-corrected chi connectivity index (χ2v) is 5.03. The molecular formula is C13H22O. The SMILES string of the molecule is CC1=C(/C=C/C(C)O)C(C)(C)CCC1. The highest BCUT2D eigenvalue weighted by atomic mass is 16.3. The minimum atomic E-state index is -0.340. The van der Waals surface area contributed by atoms with Crippen LogP contribution in [-0.2, 0) is 0 Å². The van der Waals surface area contributed by atoms with Crippen molar-refractivity contribution in [3.05, 3.63) is 23.3 Å². The first-order chi connectivity index (χ1) is 6.43. The summed E-state index contributed by atoms with van der Waals surface area (Å²) in [5.74, 6) is 0. The van der Waals surface area contributed by atoms with E-state index in [9.17, 15) is 5.11 Å². The van der Waals surface area contributed by atoms with E-state index < -0.39 is 0 Å². The quantitative estimate of drug-likeness (QED) is 0.714. The van der Waals surface area contributed by atoms with Gasteiger partial charge in [-0.15, -0.1) is 0 Å². The molecule has 1 atom stereocenters. The topological polar surface area (TPSA) is 20.2 Å². The van der Waals surface area contributed by atoms with Crippen molar-refractivity contribution in [2.75, 3.05) is 0 Å². The van der Waals surface area contributed by atoms with E-state index in [4.69, 9.17) is 0 Å². The highest BCUT2D eigenvalue weighted by Crippen LogP contribution is 2.40. The van der Waals surface area contributed by atoms with Gasteiger partial charge in [-0.2, -0.15) is 0 Å². The monoisotopic (exact) mass is 194 g/mol. The van der Waals surface area contributed by atoms with E-state index in [2.05, 4.69) is 26.8 Å². The van der Waals surface area contributed by atoms with E-state index in [1.165, 1.54) is 30.4 Å². The fourth-order valence-electron chi connectivity index (χ4n) is 2.25. The van der Waals surface area contributed by atoms with Gasteiger partial charge in [0.1, 0.15) is 0 Å². The second kappa shape index (κ2) is 4.31. The molecule has 0 aliphatic heterocycles. The molecule has 0 heterocycles. The Morgan fingerprint density at radius 3 is 2.57 bits per heavy atom. The molecule has 1 aliphatic rings. The molecule has 1 N–H and O–H groups in total. The van der Waals surface area contributed by atoms with Crippen LogP contribution in [-0.4, -0.2) is 11.2 Å². The summed E-state index contributed by atoms with van der Waals surface area (Å²) in [6.07, 6.45) is 7.41. The molecule has 0 radical (unpaired) electrons. The fourth-order valence-corrected chi connectivity index (χ4v) is 2.25. The molecule has 0 saturated heterocycles. The Balaban J connectivity index is 2.91. The molecule has 0 saturated carbocycles. The van der Waals surface area contributed by atoms with Crippen LogP contribution >= 0.6 is 0 Å². The molecule has 0 spiro atoms. The van der Waals surface area contributed by atoms with Crippen LogP contribution in [0.3, 0.4) is 0 Å². The third-order valence-electron chi connectivity index (χ3n) is 3.08. The van der Waals surface area contributed by atoms with Crippen LogP contribution in [0.5, 0.6) is 0 Å². The number of aliphatic hydroxyl groups excluding tert-OH is 1. The van der Waals surface area contributed by atoms with Crippen LogP contribution in [0.4, 0.5) is 0 Å². The standard InChI is InChI=1S/C13H22O/c1-10-6-5-9-13(3,4)12(10)8-7-11(2)14/h7-8,11,14H,5-6,9H2,1-4H3/b8-7+. The molecule has 1 aliphatic carbocycles. The van der Waals surface area contributed by atoms with Gasteiger partial charge in [0.15, 0.2) is 0 Å². The maximum Gasteiger partial charge on any atom is 0.0695 e. The lowest BCUT2D eigenvalue weighted by Crippen LogP contribution is -2.19. The lowest BCUT2D eigenvalue weighted by atomic mass is 9.72. The number of hydrogen-bond acceptors (Lipinski definition) is 1. The summed E-state index contributed by atoms with van der Waals surface area (Å²) in [7, 11) is 0. The summed E-state index contributed by atoms with van der Waals surface area (Å²) in [5.41, 5.74) is 3.19. The second-order valence-electron chi connectivity index (χ2n) is 5.03. The van der Waals surface area contributed by atoms with E-state index in [1.54, 1.807) is 6.92 Å². The van der Waals surface area contributed by atoms with E-state index in [1.807, 2.05) is 6.08 Å². The number of hydrogen-bond donors (Lipinski definition) is 1. The first kappa shape index (κ1) is 11.5. The van der Waals surface area contributed by atoms with Gasteiger partial charge in [0.2, 0.25) is 0 Å². The van der Waals surface area contributed by atoms with Crippen molar-refractivity contribution in [1.29, 1.82) is 0 Å². The van der Waals surface area contributed by atoms with Crippen molar-refractivity contribution in [3.63, 3.8) is 0 Å². The molecule has 1 unspecified atom stereocenters. The van der Waals surface area contributed by atoms with Crippen LogP contribution in [0, 0.1) is 5.41 Å². The minimum absolute atomic E-state index is 0.285. The Morgan fingerprint density at radius 1 is 1.43 bits per heavy atom. The Kier molecular flexibility index (Phi) is 3.54. The lowest BCUT2D eigenvalue weighted by Gasteiger charge is -2.33. The van der Waals surface area contributed by atoms with E-state index in [0.29, 0.717) is 0 Å². The molecule has 0 aromatic carbocycles. The molecule has 1 heteroatoms. The smallest absolute Gasteiger partial charge is 0.0695 e. The van der Waals surface area contributed by atoms with Crippen molar-refractivity contribution in [1.82, 2.24) is 0 Å². The molecule has 1 nitrogen and oxygen atoms in total. The summed E-state index contributed by atoms with van der Waals surface area (Å²) in [6, 6.07) is 0. The molecule has 0 aromatic rings. The number of allylic oxidation sites excluding steroid dienone is 3. The third kappa shape index (κ3) is 2.71. The highest BCUT2D eigenvalue weighted by molar-refractivity contribution is 5.32. The summed E-state index contributed by atoms with van der Waals surface area (Å²) in [4.78, 5) is 0. The normalized spacial score (nSPS) is 24.4. The van der Waals surface area contributed by atoms with Crippen LogP contribution < -0.4 is 0 Å². The highest BCUT2D eigenvalue weighted by Gasteiger charge is 2.26. The van der Waals surface area contributed by atoms with Gasteiger partial charge in [0.25, 0.3) is 0 Å². The van der Waals surface area contributed by atoms with Crippen molar-refractivity contribution in [3.8, 4) is 0 Å². The van der Waals surface area contributed by atoms with Gasteiger partial charge in [-0.3, -0.25) is 0 Å². The van der Waals surface area contributed by atoms with Gasteiger partial charge < -0.3 is 5.11 Å². The average molecular weight is 194 g/mol. The van der Waals surface area contributed by atoms with Gasteiger partial charge in [0, 0.05) is 0 Å². The van der Waals surface area contributed by atoms with Crippen molar-refractivity contribution < 1.29 is 5.11 Å². The molecule has 0 aromatic heterocycles. The summed E-state index contributed by atoms with van der Waals surface area (Å²) in [6.45, 7) is 8.58. The zero-order valence-electron chi connectivity index (χ0n) is 9.80. The molecular weight excluding hydrogens is 172 g/mol. The minimum Gasteiger partial charge on any atom is -0.389 e. The predicted octanol–water partition coefficient (Wildman–Crippen LogP) is 3.45. The van der Waals surface area contributed by atoms with Crippen LogP contribution in [0.15, 0.2) is 23.3 Å².